The number of benzene rings is 3. The van der Waals surface area contributed by atoms with Gasteiger partial charge in [-0.05, 0) is 12.8 Å². The van der Waals surface area contributed by atoms with Crippen LogP contribution in [0.25, 0.3) is 16.5 Å². The summed E-state index contributed by atoms with van der Waals surface area (Å²) in [6.45, 7) is 0. The summed E-state index contributed by atoms with van der Waals surface area (Å²) in [5, 5.41) is 5.46. The average molecular weight is 757 g/mol. The van der Waals surface area contributed by atoms with Gasteiger partial charge in [0.05, 0.1) is 5.91 Å². The summed E-state index contributed by atoms with van der Waals surface area (Å²) in [7, 11) is 0.777. The maximum absolute atomic E-state index is 11.1. The van der Waals surface area contributed by atoms with Crippen LogP contribution in [-0.2, 0) is 30.6 Å². The minimum Gasteiger partial charge on any atom is -1.00 e. The smallest absolute Gasteiger partial charge is 1.00 e. The average Bonchev–Trinajstić information content (AvgIpc) is 3.40. The van der Waals surface area contributed by atoms with Crippen LogP contribution in [0, 0.1) is 5.92 Å². The molecule has 1 fully saturated rings. The third kappa shape index (κ3) is 16.0. The number of hydrogen-bond donors (Lipinski definition) is 0. The number of nitrogens with one attached hydrogen (secondary N) is 1. The van der Waals surface area contributed by atoms with Crippen LogP contribution in [0.4, 0.5) is 0 Å². The van der Waals surface area contributed by atoms with E-state index in [0.29, 0.717) is 0 Å². The molecule has 0 atom stereocenters. The van der Waals surface area contributed by atoms with Crippen molar-refractivity contribution in [3.8, 4) is 0 Å². The van der Waals surface area contributed by atoms with Crippen LogP contribution in [0.3, 0.4) is 0 Å². The standard InChI is InChI=1S/C13H25NO.C12H10Si.C9H7.2ClH.Hf/c14-13(15)12-10-8-6-4-2-1-3-5-7-9-11-12;1-3-7-11(8-4-1)13-12-9-5-2-6-10-12;1-2-5-9-7-3-6-8(9)4-1;;;/h12H,1-11H2,(H2,14,15);1-10H;1-7H;2*1H;/q;;-1;;;+4/p-3. The van der Waals surface area contributed by atoms with E-state index in [1.807, 2.05) is 0 Å². The first-order valence-electron chi connectivity index (χ1n) is 14.0. The Kier molecular flexibility index (Phi) is 23.1. The molecule has 0 bridgehead atoms. The molecule has 1 aliphatic carbocycles. The van der Waals surface area contributed by atoms with Gasteiger partial charge in [0.2, 0.25) is 0 Å². The van der Waals surface area contributed by atoms with Crippen molar-refractivity contribution >= 4 is 36.6 Å². The van der Waals surface area contributed by atoms with Crippen LogP contribution < -0.4 is 35.2 Å². The molecule has 0 saturated heterocycles. The maximum atomic E-state index is 11.1. The molecule has 0 heterocycles. The molecule has 0 unspecified atom stereocenters. The molecule has 5 rings (SSSR count). The van der Waals surface area contributed by atoms with Gasteiger partial charge < -0.3 is 35.3 Å². The van der Waals surface area contributed by atoms with Gasteiger partial charge in [-0.2, -0.15) is 17.5 Å². The van der Waals surface area contributed by atoms with Crippen molar-refractivity contribution in [2.75, 3.05) is 0 Å². The summed E-state index contributed by atoms with van der Waals surface area (Å²) >= 11 is 0. The predicted molar refractivity (Wildman–Crippen MR) is 161 cm³/mol. The van der Waals surface area contributed by atoms with Gasteiger partial charge in [-0.1, -0.05) is 135 Å². The Morgan fingerprint density at radius 3 is 1.50 bits per heavy atom. The topological polar surface area (TPSA) is 40.9 Å². The largest absolute Gasteiger partial charge is 4.00 e. The number of rotatable bonds is 3. The van der Waals surface area contributed by atoms with Crippen LogP contribution in [0.2, 0.25) is 0 Å². The van der Waals surface area contributed by atoms with E-state index in [0.717, 1.165) is 35.2 Å². The zero-order valence-corrected chi connectivity index (χ0v) is 29.4. The summed E-state index contributed by atoms with van der Waals surface area (Å²) in [4.78, 5) is 11.1. The first-order chi connectivity index (χ1) is 18.2. The molecule has 0 spiro atoms. The molecule has 2 radical (unpaired) electrons. The van der Waals surface area contributed by atoms with Crippen LogP contribution in [0.5, 0.6) is 0 Å². The van der Waals surface area contributed by atoms with E-state index >= 15 is 0 Å². The molecule has 1 aliphatic rings. The number of amides is 1. The zero-order valence-electron chi connectivity index (χ0n) is 23.3. The van der Waals surface area contributed by atoms with Crippen molar-refractivity contribution < 1.29 is 55.5 Å². The Hall–Kier alpha value is -1.59. The summed E-state index contributed by atoms with van der Waals surface area (Å²) in [5.41, 5.74) is 7.23. The number of carbonyl (C=O) groups excluding carboxylic acids is 1. The van der Waals surface area contributed by atoms with Crippen molar-refractivity contribution in [3.05, 3.63) is 109 Å². The van der Waals surface area contributed by atoms with Gasteiger partial charge in [-0.25, -0.2) is 0 Å². The Labute approximate surface area is 275 Å². The van der Waals surface area contributed by atoms with E-state index in [9.17, 15) is 4.79 Å². The summed E-state index contributed by atoms with van der Waals surface area (Å²) < 4.78 is 0. The monoisotopic (exact) mass is 757 g/mol. The van der Waals surface area contributed by atoms with Crippen molar-refractivity contribution in [1.82, 2.24) is 0 Å². The van der Waals surface area contributed by atoms with Gasteiger partial charge in [0.1, 0.15) is 9.52 Å². The number of carbonyl (C=O) groups is 1. The van der Waals surface area contributed by atoms with E-state index < -0.39 is 0 Å². The Morgan fingerprint density at radius 2 is 1.05 bits per heavy atom. The molecule has 4 aromatic carbocycles. The van der Waals surface area contributed by atoms with E-state index in [2.05, 4.69) is 103 Å². The van der Waals surface area contributed by atoms with Gasteiger partial charge in [-0.15, -0.1) is 29.7 Å². The second-order valence-electron chi connectivity index (χ2n) is 9.83. The molecule has 6 heteroatoms. The van der Waals surface area contributed by atoms with Gasteiger partial charge in [0, 0.05) is 5.92 Å². The minimum absolute atomic E-state index is 0. The van der Waals surface area contributed by atoms with Crippen LogP contribution in [0.1, 0.15) is 70.6 Å². The molecule has 1 amide bonds. The van der Waals surface area contributed by atoms with Crippen molar-refractivity contribution in [1.29, 1.82) is 0 Å². The van der Waals surface area contributed by atoms with Crippen LogP contribution in [0.15, 0.2) is 103 Å². The molecule has 4 aromatic rings. The quantitative estimate of drug-likeness (QED) is 0.234. The molecule has 1 N–H and O–H groups in total. The first kappa shape index (κ1) is 38.4. The van der Waals surface area contributed by atoms with E-state index in [1.54, 1.807) is 0 Å². The predicted octanol–water partition coefficient (Wildman–Crippen LogP) is 2.39. The van der Waals surface area contributed by atoms with E-state index in [4.69, 9.17) is 5.73 Å². The zero-order chi connectivity index (χ0) is 26.0. The third-order valence-electron chi connectivity index (χ3n) is 6.86. The number of hydrogen-bond acceptors (Lipinski definition) is 1. The molecule has 1 saturated carbocycles. The second-order valence-corrected chi connectivity index (χ2v) is 11.2. The number of halogens is 2. The normalized spacial score (nSPS) is 14.0. The summed E-state index contributed by atoms with van der Waals surface area (Å²) in [6.07, 6.45) is 13.5. The fourth-order valence-electron chi connectivity index (χ4n) is 4.70. The van der Waals surface area contributed by atoms with Crippen LogP contribution in [-0.4, -0.2) is 15.4 Å². The Balaban J connectivity index is 0.000000562. The van der Waals surface area contributed by atoms with Gasteiger partial charge in [-0.3, -0.25) is 0 Å². The van der Waals surface area contributed by atoms with Crippen molar-refractivity contribution in [2.24, 2.45) is 5.92 Å². The van der Waals surface area contributed by atoms with Crippen molar-refractivity contribution in [2.45, 2.75) is 70.6 Å². The molecular weight excluding hydrogens is 716 g/mol. The van der Waals surface area contributed by atoms with Gasteiger partial charge in [0.15, 0.2) is 0 Å². The Bertz CT molecular complexity index is 1060. The number of fused-ring (bicyclic) bond motifs is 1. The fourth-order valence-corrected chi connectivity index (χ4v) is 5.76. The first-order valence-corrected chi connectivity index (χ1v) is 15.0. The second kappa shape index (κ2) is 24.0. The summed E-state index contributed by atoms with van der Waals surface area (Å²) in [6, 6.07) is 35.8. The molecule has 40 heavy (non-hydrogen) atoms. The van der Waals surface area contributed by atoms with E-state index in [1.165, 1.54) is 66.1 Å². The molecular formula is C34H41Cl2HfNOSi. The molecule has 0 aliphatic heterocycles. The van der Waals surface area contributed by atoms with Crippen LogP contribution >= 0.6 is 0 Å². The Morgan fingerprint density at radius 1 is 0.625 bits per heavy atom. The molecule has 0 aromatic heterocycles. The fraction of sp³-hybridized carbons (Fsp3) is 0.353. The van der Waals surface area contributed by atoms with Crippen molar-refractivity contribution in [3.63, 3.8) is 0 Å². The maximum Gasteiger partial charge on any atom is 4.00 e. The van der Waals surface area contributed by atoms with Gasteiger partial charge in [0.25, 0.3) is 0 Å². The molecule has 210 valence electrons. The van der Waals surface area contributed by atoms with Gasteiger partial charge >= 0.3 is 25.8 Å². The van der Waals surface area contributed by atoms with E-state index in [-0.39, 0.29) is 62.5 Å². The minimum atomic E-state index is -0.327. The third-order valence-corrected chi connectivity index (χ3v) is 8.10. The molecule has 2 nitrogen and oxygen atoms in total. The SMILES string of the molecule is [Cl-].[Cl-].[Hf+4].[NH-]C(=O)C1CCCCCCCCCCC1.c1ccc([Si]c2ccccc2)cc1.c1ccc2[cH-]ccc2c1. The summed E-state index contributed by atoms with van der Waals surface area (Å²) in [5.74, 6) is -0.281.